The van der Waals surface area contributed by atoms with Gasteiger partial charge in [0.25, 0.3) is 5.82 Å². The Hall–Kier alpha value is -3.65. The van der Waals surface area contributed by atoms with Crippen LogP contribution in [-0.2, 0) is 6.54 Å². The van der Waals surface area contributed by atoms with E-state index in [4.69, 9.17) is 9.47 Å². The number of hydrogen-bond donors (Lipinski definition) is 1. The molecule has 0 bridgehead atoms. The summed E-state index contributed by atoms with van der Waals surface area (Å²) in [7, 11) is 3.32. The molecule has 0 aliphatic carbocycles. The lowest BCUT2D eigenvalue weighted by Gasteiger charge is -2.17. The summed E-state index contributed by atoms with van der Waals surface area (Å²) in [5, 5.41) is 5.41. The highest BCUT2D eigenvalue weighted by Crippen LogP contribution is 2.25. The number of nitrogens with one attached hydrogen (secondary N) is 2. The zero-order valence-corrected chi connectivity index (χ0v) is 19.1. The number of aromatic amines is 2. The molecule has 0 saturated carbocycles. The number of ether oxygens (including phenoxy) is 2. The Morgan fingerprint density at radius 1 is 1.12 bits per heavy atom. The third kappa shape index (κ3) is 3.98. The first kappa shape index (κ1) is 21.2. The third-order valence-corrected chi connectivity index (χ3v) is 6.25. The van der Waals surface area contributed by atoms with Crippen molar-refractivity contribution in [3.8, 4) is 11.5 Å². The summed E-state index contributed by atoms with van der Waals surface area (Å²) < 4.78 is 12.3. The van der Waals surface area contributed by atoms with Crippen molar-refractivity contribution in [3.05, 3.63) is 63.7 Å². The van der Waals surface area contributed by atoms with Crippen molar-refractivity contribution in [1.82, 2.24) is 14.6 Å². The number of hydrogen-bond acceptors (Lipinski definition) is 5. The second-order valence-corrected chi connectivity index (χ2v) is 8.41. The highest BCUT2D eigenvalue weighted by Gasteiger charge is 2.20. The van der Waals surface area contributed by atoms with Crippen LogP contribution in [-0.4, -0.2) is 48.1 Å². The molecule has 0 atom stereocenters. The van der Waals surface area contributed by atoms with Crippen molar-refractivity contribution in [2.45, 2.75) is 26.3 Å². The van der Waals surface area contributed by atoms with Gasteiger partial charge in [-0.05, 0) is 67.9 Å². The van der Waals surface area contributed by atoms with Gasteiger partial charge in [0.05, 0.1) is 31.3 Å². The van der Waals surface area contributed by atoms with Crippen molar-refractivity contribution in [1.29, 1.82) is 0 Å². The average Bonchev–Trinajstić information content (AvgIpc) is 3.46. The summed E-state index contributed by atoms with van der Waals surface area (Å²) in [6.07, 6.45) is 4.20. The smallest absolute Gasteiger partial charge is 0.387 e. The predicted molar refractivity (Wildman–Crippen MR) is 128 cm³/mol. The van der Waals surface area contributed by atoms with E-state index in [0.29, 0.717) is 11.3 Å². The first-order valence-electron chi connectivity index (χ1n) is 11.2. The van der Waals surface area contributed by atoms with E-state index in [9.17, 15) is 4.79 Å². The highest BCUT2D eigenvalue weighted by atomic mass is 16.5. The number of likely N-dealkylation sites (tertiary alicyclic amines) is 1. The minimum absolute atomic E-state index is 0.210. The molecule has 0 spiro atoms. The van der Waals surface area contributed by atoms with Gasteiger partial charge in [0.1, 0.15) is 11.5 Å². The van der Waals surface area contributed by atoms with Gasteiger partial charge in [-0.1, -0.05) is 9.78 Å². The van der Waals surface area contributed by atoms with Crippen LogP contribution in [0, 0.1) is 6.92 Å². The van der Waals surface area contributed by atoms with Gasteiger partial charge in [-0.25, -0.2) is 9.78 Å². The van der Waals surface area contributed by atoms with Gasteiger partial charge in [0.15, 0.2) is 11.0 Å². The first-order valence-corrected chi connectivity index (χ1v) is 11.2. The van der Waals surface area contributed by atoms with Crippen LogP contribution in [0.2, 0.25) is 0 Å². The molecular weight excluding hydrogens is 418 g/mol. The minimum atomic E-state index is -0.210. The average molecular weight is 447 g/mol. The number of fused-ring (bicyclic) bond motifs is 3. The van der Waals surface area contributed by atoms with Gasteiger partial charge < -0.3 is 14.5 Å². The number of aromatic nitrogens is 3. The van der Waals surface area contributed by atoms with Crippen LogP contribution < -0.4 is 20.0 Å². The lowest BCUT2D eigenvalue weighted by Crippen LogP contribution is -2.28. The summed E-state index contributed by atoms with van der Waals surface area (Å²) in [5.74, 6) is 2.25. The van der Waals surface area contributed by atoms with Gasteiger partial charge in [0.2, 0.25) is 0 Å². The number of aryl methyl sites for hydroxylation is 1. The van der Waals surface area contributed by atoms with E-state index in [2.05, 4.69) is 26.0 Å². The van der Waals surface area contributed by atoms with Crippen LogP contribution in [0.5, 0.6) is 11.5 Å². The molecule has 1 saturated heterocycles. The van der Waals surface area contributed by atoms with E-state index < -0.39 is 0 Å². The van der Waals surface area contributed by atoms with Crippen molar-refractivity contribution in [2.75, 3.05) is 27.3 Å². The minimum Gasteiger partial charge on any atom is -0.497 e. The van der Waals surface area contributed by atoms with Crippen LogP contribution >= 0.6 is 0 Å². The molecule has 3 heterocycles. The quantitative estimate of drug-likeness (QED) is 0.461. The molecule has 2 aromatic heterocycles. The van der Waals surface area contributed by atoms with Crippen LogP contribution in [0.3, 0.4) is 0 Å². The maximum absolute atomic E-state index is 13.2. The summed E-state index contributed by atoms with van der Waals surface area (Å²) in [5.41, 5.74) is 3.91. The monoisotopic (exact) mass is 446 g/mol. The Morgan fingerprint density at radius 3 is 2.70 bits per heavy atom. The first-order chi connectivity index (χ1) is 16.1. The maximum Gasteiger partial charge on any atom is 0.387 e. The molecule has 8 nitrogen and oxygen atoms in total. The SMILES string of the molecule is COc1ccc2[nH]c3c(=O)n(N=Cc4ccc(OC)c(CN5CCCC5)c4)c(C)[nH+]c3c2c1. The van der Waals surface area contributed by atoms with E-state index in [1.165, 1.54) is 17.5 Å². The Morgan fingerprint density at radius 2 is 1.94 bits per heavy atom. The zero-order chi connectivity index (χ0) is 22.9. The van der Waals surface area contributed by atoms with Crippen molar-refractivity contribution >= 4 is 28.2 Å². The van der Waals surface area contributed by atoms with Crippen LogP contribution in [0.1, 0.15) is 29.8 Å². The largest absolute Gasteiger partial charge is 0.497 e. The molecule has 0 unspecified atom stereocenters. The Bertz CT molecular complexity index is 1410. The topological polar surface area (TPSA) is 86.0 Å². The molecule has 1 aliphatic rings. The van der Waals surface area contributed by atoms with Gasteiger partial charge >= 0.3 is 5.56 Å². The fourth-order valence-corrected chi connectivity index (χ4v) is 4.53. The van der Waals surface area contributed by atoms with Crippen LogP contribution in [0.25, 0.3) is 21.9 Å². The molecule has 1 aliphatic heterocycles. The summed E-state index contributed by atoms with van der Waals surface area (Å²) >= 11 is 0. The molecular formula is C25H28N5O3+. The molecule has 170 valence electrons. The standard InChI is InChI=1S/C25H27N5O3/c1-16-27-23-20-13-19(32-2)7-8-21(20)28-24(23)25(31)30(16)26-14-17-6-9-22(33-3)18(12-17)15-29-10-4-5-11-29/h6-9,12-14,28H,4-5,10-11,15H2,1-3H3/p+1. The molecule has 4 aromatic rings. The summed E-state index contributed by atoms with van der Waals surface area (Å²) in [6, 6.07) is 11.7. The Balaban J connectivity index is 1.51. The number of benzene rings is 2. The molecule has 5 rings (SSSR count). The van der Waals surface area contributed by atoms with E-state index >= 15 is 0 Å². The summed E-state index contributed by atoms with van der Waals surface area (Å²) in [4.78, 5) is 22.2. The molecule has 2 aromatic carbocycles. The normalized spacial score (nSPS) is 14.6. The number of H-pyrrole nitrogens is 2. The van der Waals surface area contributed by atoms with Crippen molar-refractivity contribution in [3.63, 3.8) is 0 Å². The Labute approximate surface area is 191 Å². The molecule has 1 fully saturated rings. The van der Waals surface area contributed by atoms with E-state index in [0.717, 1.165) is 58.7 Å². The van der Waals surface area contributed by atoms with E-state index in [1.807, 2.05) is 37.3 Å². The van der Waals surface area contributed by atoms with Gasteiger partial charge in [0, 0.05) is 19.0 Å². The zero-order valence-electron chi connectivity index (χ0n) is 19.1. The number of nitrogens with zero attached hydrogens (tertiary/aromatic N) is 3. The molecule has 0 amide bonds. The predicted octanol–water partition coefficient (Wildman–Crippen LogP) is 3.10. The van der Waals surface area contributed by atoms with Crippen molar-refractivity contribution < 1.29 is 14.5 Å². The highest BCUT2D eigenvalue weighted by molar-refractivity contribution is 6.03. The fourth-order valence-electron chi connectivity index (χ4n) is 4.53. The number of rotatable bonds is 6. The molecule has 8 heteroatoms. The van der Waals surface area contributed by atoms with Crippen LogP contribution in [0.15, 0.2) is 46.3 Å². The second kappa shape index (κ2) is 8.71. The summed E-state index contributed by atoms with van der Waals surface area (Å²) in [6.45, 7) is 4.91. The molecule has 0 radical (unpaired) electrons. The maximum atomic E-state index is 13.2. The van der Waals surface area contributed by atoms with E-state index in [-0.39, 0.29) is 5.56 Å². The Kier molecular flexibility index (Phi) is 5.60. The van der Waals surface area contributed by atoms with Gasteiger partial charge in [-0.15, -0.1) is 0 Å². The third-order valence-electron chi connectivity index (χ3n) is 6.25. The lowest BCUT2D eigenvalue weighted by molar-refractivity contribution is -0.362. The van der Waals surface area contributed by atoms with Crippen LogP contribution in [0.4, 0.5) is 0 Å². The second-order valence-electron chi connectivity index (χ2n) is 8.41. The van der Waals surface area contributed by atoms with Gasteiger partial charge in [-0.2, -0.15) is 0 Å². The van der Waals surface area contributed by atoms with E-state index in [1.54, 1.807) is 20.4 Å². The van der Waals surface area contributed by atoms with Gasteiger partial charge in [-0.3, -0.25) is 4.90 Å². The molecule has 2 N–H and O–H groups in total. The van der Waals surface area contributed by atoms with Crippen molar-refractivity contribution in [2.24, 2.45) is 5.10 Å². The fraction of sp³-hybridized carbons (Fsp3) is 0.320. The number of methoxy groups -OCH3 is 2. The lowest BCUT2D eigenvalue weighted by atomic mass is 10.1. The molecule has 33 heavy (non-hydrogen) atoms.